The molecule has 20 heavy (non-hydrogen) atoms. The number of hydrogen-bond donors (Lipinski definition) is 1. The molecule has 1 aromatic carbocycles. The molecule has 1 saturated heterocycles. The van der Waals surface area contributed by atoms with Gasteiger partial charge >= 0.3 is 0 Å². The first-order valence-corrected chi connectivity index (χ1v) is 8.16. The molecular formula is C15H18N2O2S. The monoisotopic (exact) mass is 290 g/mol. The molecular weight excluding hydrogens is 272 g/mol. The van der Waals surface area contributed by atoms with E-state index in [-0.39, 0.29) is 17.9 Å². The van der Waals surface area contributed by atoms with Gasteiger partial charge in [-0.3, -0.25) is 9.59 Å². The zero-order chi connectivity index (χ0) is 14.1. The average Bonchev–Trinajstić information content (AvgIpc) is 3.29. The van der Waals surface area contributed by atoms with Crippen molar-refractivity contribution in [1.82, 2.24) is 5.32 Å². The molecule has 0 bridgehead atoms. The number of amides is 2. The highest BCUT2D eigenvalue weighted by Gasteiger charge is 2.41. The third kappa shape index (κ3) is 2.68. The number of anilines is 1. The van der Waals surface area contributed by atoms with Gasteiger partial charge in [0.15, 0.2) is 0 Å². The van der Waals surface area contributed by atoms with Gasteiger partial charge in [-0.15, -0.1) is 11.8 Å². The van der Waals surface area contributed by atoms with Crippen molar-refractivity contribution in [1.29, 1.82) is 0 Å². The lowest BCUT2D eigenvalue weighted by Gasteiger charge is -2.24. The molecule has 3 rings (SSSR count). The number of rotatable bonds is 3. The summed E-state index contributed by atoms with van der Waals surface area (Å²) in [5.41, 5.74) is 0.884. The predicted octanol–water partition coefficient (Wildman–Crippen LogP) is 2.04. The number of thioether (sulfide) groups is 1. The first kappa shape index (κ1) is 13.5. The fraction of sp³-hybridized carbons (Fsp3) is 0.467. The molecule has 1 aliphatic heterocycles. The van der Waals surface area contributed by atoms with Crippen molar-refractivity contribution in [3.63, 3.8) is 0 Å². The minimum atomic E-state index is -0.328. The summed E-state index contributed by atoms with van der Waals surface area (Å²) in [4.78, 5) is 27.3. The van der Waals surface area contributed by atoms with Gasteiger partial charge in [-0.25, -0.2) is 0 Å². The SMILES string of the molecule is CSc1ccc(N2CCC(=O)NC(C3CC3)C2=O)cc1. The summed E-state index contributed by atoms with van der Waals surface area (Å²) in [6, 6.07) is 7.62. The molecule has 1 saturated carbocycles. The largest absolute Gasteiger partial charge is 0.344 e. The van der Waals surface area contributed by atoms with Gasteiger partial charge in [0.05, 0.1) is 0 Å². The molecule has 1 N–H and O–H groups in total. The predicted molar refractivity (Wildman–Crippen MR) is 79.8 cm³/mol. The number of nitrogens with one attached hydrogen (secondary N) is 1. The lowest BCUT2D eigenvalue weighted by molar-refractivity contribution is -0.126. The zero-order valence-corrected chi connectivity index (χ0v) is 12.3. The Balaban J connectivity index is 1.85. The molecule has 2 amide bonds. The van der Waals surface area contributed by atoms with Crippen LogP contribution in [-0.2, 0) is 9.59 Å². The van der Waals surface area contributed by atoms with E-state index in [0.29, 0.717) is 18.9 Å². The van der Waals surface area contributed by atoms with Crippen molar-refractivity contribution in [3.05, 3.63) is 24.3 Å². The Labute approximate surface area is 122 Å². The number of benzene rings is 1. The van der Waals surface area contributed by atoms with Crippen LogP contribution in [0.15, 0.2) is 29.2 Å². The van der Waals surface area contributed by atoms with E-state index >= 15 is 0 Å². The van der Waals surface area contributed by atoms with Gasteiger partial charge in [0.1, 0.15) is 6.04 Å². The molecule has 2 aliphatic rings. The summed E-state index contributed by atoms with van der Waals surface area (Å²) in [6.45, 7) is 0.465. The Kier molecular flexibility index (Phi) is 3.70. The Bertz CT molecular complexity index is 525. The maximum Gasteiger partial charge on any atom is 0.249 e. The molecule has 0 aromatic heterocycles. The highest BCUT2D eigenvalue weighted by atomic mass is 32.2. The summed E-state index contributed by atoms with van der Waals surface area (Å²) in [5.74, 6) is 0.353. The molecule has 1 unspecified atom stereocenters. The van der Waals surface area contributed by atoms with E-state index in [9.17, 15) is 9.59 Å². The minimum absolute atomic E-state index is 0.0153. The highest BCUT2D eigenvalue weighted by Crippen LogP contribution is 2.35. The van der Waals surface area contributed by atoms with Crippen LogP contribution in [0.25, 0.3) is 0 Å². The first-order valence-electron chi connectivity index (χ1n) is 6.94. The van der Waals surface area contributed by atoms with Gasteiger partial charge in [-0.05, 0) is 49.3 Å². The van der Waals surface area contributed by atoms with Gasteiger partial charge in [0.2, 0.25) is 11.8 Å². The summed E-state index contributed by atoms with van der Waals surface area (Å²) in [5, 5.41) is 2.88. The lowest BCUT2D eigenvalue weighted by Crippen LogP contribution is -2.46. The molecule has 2 fully saturated rings. The van der Waals surface area contributed by atoms with Gasteiger partial charge < -0.3 is 10.2 Å². The van der Waals surface area contributed by atoms with E-state index in [1.165, 1.54) is 4.90 Å². The van der Waals surface area contributed by atoms with Gasteiger partial charge in [0.25, 0.3) is 0 Å². The second-order valence-corrected chi connectivity index (χ2v) is 6.20. The lowest BCUT2D eigenvalue weighted by atomic mass is 10.1. The van der Waals surface area contributed by atoms with Gasteiger partial charge in [-0.1, -0.05) is 0 Å². The normalized spacial score (nSPS) is 23.4. The summed E-state index contributed by atoms with van der Waals surface area (Å²) in [6.07, 6.45) is 4.48. The molecule has 5 heteroatoms. The Morgan fingerprint density at radius 1 is 1.20 bits per heavy atom. The van der Waals surface area contributed by atoms with Crippen molar-refractivity contribution in [2.24, 2.45) is 5.92 Å². The van der Waals surface area contributed by atoms with E-state index in [2.05, 4.69) is 5.32 Å². The first-order chi connectivity index (χ1) is 9.69. The van der Waals surface area contributed by atoms with Crippen LogP contribution in [0.1, 0.15) is 19.3 Å². The Morgan fingerprint density at radius 2 is 1.90 bits per heavy atom. The van der Waals surface area contributed by atoms with Crippen molar-refractivity contribution in [3.8, 4) is 0 Å². The second-order valence-electron chi connectivity index (χ2n) is 5.32. The quantitative estimate of drug-likeness (QED) is 0.867. The van der Waals surface area contributed by atoms with Crippen LogP contribution < -0.4 is 10.2 Å². The van der Waals surface area contributed by atoms with Crippen LogP contribution in [0.3, 0.4) is 0 Å². The minimum Gasteiger partial charge on any atom is -0.344 e. The van der Waals surface area contributed by atoms with E-state index < -0.39 is 0 Å². The van der Waals surface area contributed by atoms with E-state index in [4.69, 9.17) is 0 Å². The third-order valence-electron chi connectivity index (χ3n) is 3.89. The molecule has 106 valence electrons. The molecule has 1 heterocycles. The molecule has 4 nitrogen and oxygen atoms in total. The summed E-state index contributed by atoms with van der Waals surface area (Å²) >= 11 is 1.67. The smallest absolute Gasteiger partial charge is 0.249 e. The topological polar surface area (TPSA) is 49.4 Å². The summed E-state index contributed by atoms with van der Waals surface area (Å²) in [7, 11) is 0. The standard InChI is InChI=1S/C15H18N2O2S/c1-20-12-6-4-11(5-7-12)17-9-8-13(18)16-14(15(17)19)10-2-3-10/h4-7,10,14H,2-3,8-9H2,1H3,(H,16,18). The van der Waals surface area contributed by atoms with Crippen LogP contribution in [0.4, 0.5) is 5.69 Å². The maximum absolute atomic E-state index is 12.6. The van der Waals surface area contributed by atoms with E-state index in [1.807, 2.05) is 30.5 Å². The number of nitrogens with zero attached hydrogens (tertiary/aromatic N) is 1. The van der Waals surface area contributed by atoms with Crippen LogP contribution >= 0.6 is 11.8 Å². The zero-order valence-electron chi connectivity index (χ0n) is 11.5. The third-order valence-corrected chi connectivity index (χ3v) is 4.63. The second kappa shape index (κ2) is 5.48. The molecule has 0 radical (unpaired) electrons. The summed E-state index contributed by atoms with van der Waals surface area (Å²) < 4.78 is 0. The number of hydrogen-bond acceptors (Lipinski definition) is 3. The maximum atomic E-state index is 12.6. The Hall–Kier alpha value is -1.49. The average molecular weight is 290 g/mol. The number of carbonyl (C=O) groups is 2. The Morgan fingerprint density at radius 3 is 2.50 bits per heavy atom. The van der Waals surface area contributed by atoms with Crippen LogP contribution in [0.5, 0.6) is 0 Å². The molecule has 0 spiro atoms. The number of carbonyl (C=O) groups excluding carboxylic acids is 2. The van der Waals surface area contributed by atoms with Gasteiger partial charge in [0, 0.05) is 23.5 Å². The van der Waals surface area contributed by atoms with E-state index in [1.54, 1.807) is 16.7 Å². The van der Waals surface area contributed by atoms with E-state index in [0.717, 1.165) is 18.5 Å². The fourth-order valence-corrected chi connectivity index (χ4v) is 2.97. The molecule has 1 aliphatic carbocycles. The van der Waals surface area contributed by atoms with Crippen molar-refractivity contribution in [2.75, 3.05) is 17.7 Å². The van der Waals surface area contributed by atoms with Crippen LogP contribution in [0, 0.1) is 5.92 Å². The highest BCUT2D eigenvalue weighted by molar-refractivity contribution is 7.98. The fourth-order valence-electron chi connectivity index (χ4n) is 2.57. The molecule has 1 aromatic rings. The van der Waals surface area contributed by atoms with Crippen LogP contribution in [0.2, 0.25) is 0 Å². The van der Waals surface area contributed by atoms with Crippen molar-refractivity contribution in [2.45, 2.75) is 30.2 Å². The van der Waals surface area contributed by atoms with Crippen molar-refractivity contribution < 1.29 is 9.59 Å². The molecule has 1 atom stereocenters. The van der Waals surface area contributed by atoms with Gasteiger partial charge in [-0.2, -0.15) is 0 Å². The van der Waals surface area contributed by atoms with Crippen molar-refractivity contribution >= 4 is 29.3 Å². The van der Waals surface area contributed by atoms with Crippen LogP contribution in [-0.4, -0.2) is 30.7 Å².